The Balaban J connectivity index is 1.21. The van der Waals surface area contributed by atoms with Crippen molar-refractivity contribution in [3.8, 4) is 0 Å². The Hall–Kier alpha value is -3.48. The second-order valence-corrected chi connectivity index (χ2v) is 9.38. The first-order chi connectivity index (χ1) is 18.0. The normalized spacial score (nSPS) is 20.3. The maximum Gasteiger partial charge on any atom is 0.423 e. The number of nitro benzene ring substituents is 1. The molecule has 1 amide bonds. The summed E-state index contributed by atoms with van der Waals surface area (Å²) in [5.74, 6) is -1.48. The lowest BCUT2D eigenvalue weighted by Crippen LogP contribution is -2.50. The van der Waals surface area contributed by atoms with Crippen LogP contribution in [0.25, 0.3) is 0 Å². The molecule has 38 heavy (non-hydrogen) atoms. The number of alkyl halides is 3. The Labute approximate surface area is 215 Å². The number of amides is 1. The molecule has 0 bridgehead atoms. The van der Waals surface area contributed by atoms with Gasteiger partial charge in [0, 0.05) is 50.0 Å². The SMILES string of the molecule is O=C(CO[C@H]1CC[C@H](Nc2ccc([N+](=O)[O-])c(C(F)(F)F)c2)CC1)N1CCN(c2ccc(F)cc2F)CC1. The lowest BCUT2D eigenvalue weighted by Gasteiger charge is -2.36. The molecule has 8 nitrogen and oxygen atoms in total. The highest BCUT2D eigenvalue weighted by atomic mass is 19.4. The summed E-state index contributed by atoms with van der Waals surface area (Å²) in [4.78, 5) is 25.9. The number of halogens is 5. The van der Waals surface area contributed by atoms with Gasteiger partial charge in [-0.05, 0) is 49.9 Å². The van der Waals surface area contributed by atoms with E-state index in [2.05, 4.69) is 5.32 Å². The van der Waals surface area contributed by atoms with Gasteiger partial charge in [0.25, 0.3) is 5.69 Å². The molecule has 1 heterocycles. The van der Waals surface area contributed by atoms with Gasteiger partial charge in [-0.1, -0.05) is 0 Å². The van der Waals surface area contributed by atoms with E-state index in [1.165, 1.54) is 18.2 Å². The fourth-order valence-corrected chi connectivity index (χ4v) is 4.84. The van der Waals surface area contributed by atoms with E-state index >= 15 is 0 Å². The highest BCUT2D eigenvalue weighted by Gasteiger charge is 2.38. The number of hydrogen-bond donors (Lipinski definition) is 1. The van der Waals surface area contributed by atoms with Crippen LogP contribution in [0.5, 0.6) is 0 Å². The zero-order valence-electron chi connectivity index (χ0n) is 20.3. The smallest absolute Gasteiger partial charge is 0.382 e. The molecule has 2 aliphatic rings. The Morgan fingerprint density at radius 2 is 1.71 bits per heavy atom. The van der Waals surface area contributed by atoms with Crippen LogP contribution in [0.3, 0.4) is 0 Å². The number of carbonyl (C=O) groups excluding carboxylic acids is 1. The average molecular weight is 543 g/mol. The monoisotopic (exact) mass is 542 g/mol. The molecule has 0 radical (unpaired) electrons. The summed E-state index contributed by atoms with van der Waals surface area (Å²) in [6.45, 7) is 1.47. The molecule has 1 saturated heterocycles. The van der Waals surface area contributed by atoms with Gasteiger partial charge < -0.3 is 19.9 Å². The van der Waals surface area contributed by atoms with Gasteiger partial charge in [0.15, 0.2) is 0 Å². The Bertz CT molecular complexity index is 1160. The third-order valence-corrected chi connectivity index (χ3v) is 6.87. The summed E-state index contributed by atoms with van der Waals surface area (Å²) in [6, 6.07) is 6.14. The fraction of sp³-hybridized carbons (Fsp3) is 0.480. The number of nitrogens with one attached hydrogen (secondary N) is 1. The molecule has 13 heteroatoms. The second-order valence-electron chi connectivity index (χ2n) is 9.38. The van der Waals surface area contributed by atoms with E-state index in [0.29, 0.717) is 57.5 Å². The number of piperazine rings is 1. The van der Waals surface area contributed by atoms with E-state index < -0.39 is 34.0 Å². The summed E-state index contributed by atoms with van der Waals surface area (Å²) in [5.41, 5.74) is -1.84. The number of hydrogen-bond acceptors (Lipinski definition) is 6. The molecule has 0 atom stereocenters. The lowest BCUT2D eigenvalue weighted by molar-refractivity contribution is -0.388. The predicted octanol–water partition coefficient (Wildman–Crippen LogP) is 4.98. The highest BCUT2D eigenvalue weighted by Crippen LogP contribution is 2.38. The van der Waals surface area contributed by atoms with Gasteiger partial charge in [-0.2, -0.15) is 13.2 Å². The molecule has 0 aromatic heterocycles. The molecule has 2 aromatic rings. The van der Waals surface area contributed by atoms with Gasteiger partial charge in [-0.25, -0.2) is 8.78 Å². The molecular weight excluding hydrogens is 515 g/mol. The zero-order chi connectivity index (χ0) is 27.4. The highest BCUT2D eigenvalue weighted by molar-refractivity contribution is 5.77. The van der Waals surface area contributed by atoms with Crippen LogP contribution in [0.15, 0.2) is 36.4 Å². The summed E-state index contributed by atoms with van der Waals surface area (Å²) < 4.78 is 72.6. The molecule has 1 aliphatic heterocycles. The summed E-state index contributed by atoms with van der Waals surface area (Å²) >= 11 is 0. The number of nitrogens with zero attached hydrogens (tertiary/aromatic N) is 3. The average Bonchev–Trinajstić information content (AvgIpc) is 2.87. The van der Waals surface area contributed by atoms with Crippen molar-refractivity contribution in [1.82, 2.24) is 4.90 Å². The molecule has 1 saturated carbocycles. The van der Waals surface area contributed by atoms with E-state index in [9.17, 15) is 36.9 Å². The van der Waals surface area contributed by atoms with Crippen LogP contribution in [-0.2, 0) is 15.7 Å². The van der Waals surface area contributed by atoms with Gasteiger partial charge in [-0.3, -0.25) is 14.9 Å². The van der Waals surface area contributed by atoms with Gasteiger partial charge in [0.05, 0.1) is 16.7 Å². The fourth-order valence-electron chi connectivity index (χ4n) is 4.84. The number of benzene rings is 2. The molecule has 2 aromatic carbocycles. The van der Waals surface area contributed by atoms with Crippen LogP contribution in [0.4, 0.5) is 39.0 Å². The van der Waals surface area contributed by atoms with Crippen molar-refractivity contribution in [3.05, 3.63) is 63.7 Å². The van der Waals surface area contributed by atoms with Crippen molar-refractivity contribution >= 4 is 23.0 Å². The van der Waals surface area contributed by atoms with E-state index in [-0.39, 0.29) is 30.3 Å². The predicted molar refractivity (Wildman–Crippen MR) is 129 cm³/mol. The van der Waals surface area contributed by atoms with Crippen LogP contribution in [0, 0.1) is 21.7 Å². The molecule has 1 aliphatic carbocycles. The van der Waals surface area contributed by atoms with Gasteiger partial charge in [0.1, 0.15) is 23.8 Å². The van der Waals surface area contributed by atoms with Crippen molar-refractivity contribution < 1.29 is 36.4 Å². The van der Waals surface area contributed by atoms with E-state index in [1.807, 2.05) is 0 Å². The molecule has 0 unspecified atom stereocenters. The van der Waals surface area contributed by atoms with Crippen molar-refractivity contribution in [2.45, 2.75) is 44.0 Å². The van der Waals surface area contributed by atoms with Gasteiger partial charge in [0.2, 0.25) is 5.91 Å². The number of carbonyl (C=O) groups is 1. The Kier molecular flexibility index (Phi) is 8.34. The van der Waals surface area contributed by atoms with Crippen LogP contribution in [-0.4, -0.2) is 60.7 Å². The van der Waals surface area contributed by atoms with Gasteiger partial charge in [-0.15, -0.1) is 0 Å². The first kappa shape index (κ1) is 27.6. The number of anilines is 2. The largest absolute Gasteiger partial charge is 0.423 e. The maximum absolute atomic E-state index is 14.0. The molecule has 206 valence electrons. The van der Waals surface area contributed by atoms with Crippen LogP contribution in [0.2, 0.25) is 0 Å². The summed E-state index contributed by atoms with van der Waals surface area (Å²) in [5, 5.41) is 13.9. The molecule has 0 spiro atoms. The van der Waals surface area contributed by atoms with Crippen molar-refractivity contribution in [2.75, 3.05) is 43.0 Å². The summed E-state index contributed by atoms with van der Waals surface area (Å²) in [7, 11) is 0. The second kappa shape index (κ2) is 11.5. The van der Waals surface area contributed by atoms with E-state index in [0.717, 1.165) is 18.2 Å². The van der Waals surface area contributed by atoms with Crippen LogP contribution in [0.1, 0.15) is 31.2 Å². The number of ether oxygens (including phenoxy) is 1. The third kappa shape index (κ3) is 6.69. The summed E-state index contributed by atoms with van der Waals surface area (Å²) in [6.07, 6.45) is -2.63. The Morgan fingerprint density at radius 3 is 2.32 bits per heavy atom. The first-order valence-electron chi connectivity index (χ1n) is 12.2. The first-order valence-corrected chi connectivity index (χ1v) is 12.2. The standard InChI is InChI=1S/C25H27F5N4O4/c26-16-1-7-23(21(27)13-16)32-9-11-33(12-10-32)24(35)15-38-19-5-2-17(3-6-19)31-18-4-8-22(34(36)37)20(14-18)25(28,29)30/h1,4,7-8,13-14,17,19,31H,2-3,5-6,9-12,15H2/t17-,19-. The minimum absolute atomic E-state index is 0.106. The lowest BCUT2D eigenvalue weighted by atomic mass is 9.92. The topological polar surface area (TPSA) is 87.9 Å². The number of rotatable bonds is 7. The van der Waals surface area contributed by atoms with Crippen LogP contribution >= 0.6 is 0 Å². The van der Waals surface area contributed by atoms with Gasteiger partial charge >= 0.3 is 6.18 Å². The quantitative estimate of drug-likeness (QED) is 0.302. The molecule has 4 rings (SSSR count). The molecule has 1 N–H and O–H groups in total. The van der Waals surface area contributed by atoms with Crippen molar-refractivity contribution in [2.24, 2.45) is 0 Å². The maximum atomic E-state index is 14.0. The third-order valence-electron chi connectivity index (χ3n) is 6.87. The molecule has 2 fully saturated rings. The number of nitro groups is 1. The minimum Gasteiger partial charge on any atom is -0.382 e. The van der Waals surface area contributed by atoms with Crippen molar-refractivity contribution in [3.63, 3.8) is 0 Å². The van der Waals surface area contributed by atoms with Crippen molar-refractivity contribution in [1.29, 1.82) is 0 Å². The van der Waals surface area contributed by atoms with E-state index in [4.69, 9.17) is 4.74 Å². The Morgan fingerprint density at radius 1 is 1.03 bits per heavy atom. The zero-order valence-corrected chi connectivity index (χ0v) is 20.3. The molecular formula is C25H27F5N4O4. The van der Waals surface area contributed by atoms with Crippen LogP contribution < -0.4 is 10.2 Å². The minimum atomic E-state index is -4.85. The van der Waals surface area contributed by atoms with E-state index in [1.54, 1.807) is 9.80 Å².